The van der Waals surface area contributed by atoms with Crippen molar-refractivity contribution in [2.45, 2.75) is 57.8 Å². The molecule has 43 heavy (non-hydrogen) atoms. The minimum Gasteiger partial charge on any atom is -0.355 e. The summed E-state index contributed by atoms with van der Waals surface area (Å²) in [5.41, 5.74) is 13.5. The van der Waals surface area contributed by atoms with Crippen molar-refractivity contribution in [1.29, 1.82) is 0 Å². The van der Waals surface area contributed by atoms with Crippen LogP contribution in [0.4, 0.5) is 11.4 Å². The average molecular weight is 582 g/mol. The third-order valence-electron chi connectivity index (χ3n) is 9.69. The van der Waals surface area contributed by atoms with Gasteiger partial charge in [-0.25, -0.2) is 0 Å². The third kappa shape index (κ3) is 4.88. The van der Waals surface area contributed by atoms with E-state index in [0.29, 0.717) is 6.42 Å². The smallest absolute Gasteiger partial charge is 0.173 e. The van der Waals surface area contributed by atoms with Gasteiger partial charge in [0.15, 0.2) is 5.78 Å². The Morgan fingerprint density at radius 1 is 0.744 bits per heavy atom. The quantitative estimate of drug-likeness (QED) is 0.202. The lowest BCUT2D eigenvalue weighted by Crippen LogP contribution is -2.42. The average Bonchev–Trinajstić information content (AvgIpc) is 3.02. The van der Waals surface area contributed by atoms with Gasteiger partial charge in [-0.15, -0.1) is 0 Å². The van der Waals surface area contributed by atoms with Crippen molar-refractivity contribution in [3.8, 4) is 11.1 Å². The lowest BCUT2D eigenvalue weighted by atomic mass is 9.61. The van der Waals surface area contributed by atoms with Gasteiger partial charge in [0.1, 0.15) is 0 Å². The van der Waals surface area contributed by atoms with Gasteiger partial charge in [0.2, 0.25) is 0 Å². The Kier molecular flexibility index (Phi) is 7.19. The number of carbonyl (C=O) groups is 1. The summed E-state index contributed by atoms with van der Waals surface area (Å²) in [5, 5.41) is 4.40. The molecule has 0 saturated carbocycles. The number of nitrogens with one attached hydrogen (secondary N) is 1. The Labute approximate surface area is 259 Å². The molecule has 0 spiro atoms. The molecule has 0 bridgehead atoms. The number of rotatable bonds is 6. The summed E-state index contributed by atoms with van der Waals surface area (Å²) in [5.74, 6) is 0.233. The molecular formula is C40H36ClNO. The highest BCUT2D eigenvalue weighted by Crippen LogP contribution is 2.48. The normalized spacial score (nSPS) is 17.0. The monoisotopic (exact) mass is 581 g/mol. The minimum absolute atomic E-state index is 0.233. The van der Waals surface area contributed by atoms with E-state index >= 15 is 4.79 Å². The maximum Gasteiger partial charge on any atom is 0.173 e. The van der Waals surface area contributed by atoms with Crippen molar-refractivity contribution >= 4 is 28.8 Å². The van der Waals surface area contributed by atoms with E-state index < -0.39 is 5.41 Å². The summed E-state index contributed by atoms with van der Waals surface area (Å²) in [6.07, 6.45) is 5.45. The Morgan fingerprint density at radius 2 is 1.51 bits per heavy atom. The molecule has 5 aromatic carbocycles. The number of anilines is 2. The van der Waals surface area contributed by atoms with Gasteiger partial charge >= 0.3 is 0 Å². The number of carbonyl (C=O) groups excluding carboxylic acids is 1. The van der Waals surface area contributed by atoms with Crippen LogP contribution in [-0.4, -0.2) is 5.78 Å². The van der Waals surface area contributed by atoms with E-state index in [-0.39, 0.29) is 5.78 Å². The lowest BCUT2D eigenvalue weighted by molar-refractivity contribution is 0.0862. The predicted molar refractivity (Wildman–Crippen MR) is 179 cm³/mol. The molecule has 1 N–H and O–H groups in total. The number of fused-ring (bicyclic) bond motifs is 5. The number of Topliss-reactive ketones (excluding diaryl/α,β-unsaturated/α-hetero) is 1. The van der Waals surface area contributed by atoms with Crippen molar-refractivity contribution in [1.82, 2.24) is 0 Å². The van der Waals surface area contributed by atoms with E-state index in [9.17, 15) is 0 Å². The first kappa shape index (κ1) is 27.7. The van der Waals surface area contributed by atoms with Crippen LogP contribution in [0.2, 0.25) is 5.02 Å². The molecule has 0 aromatic heterocycles. The summed E-state index contributed by atoms with van der Waals surface area (Å²) in [6, 6.07) is 35.8. The standard InChI is InChI=1S/C40H36ClNO/c1-26-10-6-7-16-38(26)42-29-17-18-30(27(2)24-29)39(43)40(25-28-11-4-3-5-12-28)23-9-14-34-33-19-20-35-31(13-8-15-37(35)41)32(33)21-22-36(34)40/h3-8,10-13,15-18,21-22,24,42H,9,14,19-20,23,25H2,1-2H3. The number of para-hydroxylation sites is 1. The highest BCUT2D eigenvalue weighted by molar-refractivity contribution is 6.31. The van der Waals surface area contributed by atoms with Crippen LogP contribution in [0.5, 0.6) is 0 Å². The largest absolute Gasteiger partial charge is 0.355 e. The summed E-state index contributed by atoms with van der Waals surface area (Å²) >= 11 is 6.63. The number of hydrogen-bond acceptors (Lipinski definition) is 2. The number of aryl methyl sites for hydroxylation is 2. The minimum atomic E-state index is -0.617. The molecule has 214 valence electrons. The second-order valence-corrected chi connectivity index (χ2v) is 12.7. The zero-order valence-electron chi connectivity index (χ0n) is 24.8. The van der Waals surface area contributed by atoms with Crippen molar-refractivity contribution in [2.75, 3.05) is 5.32 Å². The van der Waals surface area contributed by atoms with Gasteiger partial charge < -0.3 is 5.32 Å². The van der Waals surface area contributed by atoms with Crippen LogP contribution in [0.3, 0.4) is 0 Å². The second kappa shape index (κ2) is 11.2. The Bertz CT molecular complexity index is 1860. The highest BCUT2D eigenvalue weighted by atomic mass is 35.5. The zero-order chi connectivity index (χ0) is 29.6. The molecule has 2 nitrogen and oxygen atoms in total. The van der Waals surface area contributed by atoms with Gasteiger partial charge in [-0.2, -0.15) is 0 Å². The molecule has 3 heteroatoms. The van der Waals surface area contributed by atoms with Gasteiger partial charge in [-0.3, -0.25) is 4.79 Å². The van der Waals surface area contributed by atoms with Gasteiger partial charge in [0.05, 0.1) is 5.41 Å². The van der Waals surface area contributed by atoms with Gasteiger partial charge in [0.25, 0.3) is 0 Å². The summed E-state index contributed by atoms with van der Waals surface area (Å²) in [4.78, 5) is 15.0. The fourth-order valence-corrected chi connectivity index (χ4v) is 7.82. The van der Waals surface area contributed by atoms with Crippen LogP contribution in [0.15, 0.2) is 103 Å². The fourth-order valence-electron chi connectivity index (χ4n) is 7.55. The van der Waals surface area contributed by atoms with E-state index in [1.165, 1.54) is 44.5 Å². The molecule has 1 unspecified atom stereocenters. The molecule has 0 heterocycles. The van der Waals surface area contributed by atoms with Crippen LogP contribution in [0.1, 0.15) is 62.1 Å². The van der Waals surface area contributed by atoms with Gasteiger partial charge in [-0.05, 0) is 133 Å². The summed E-state index contributed by atoms with van der Waals surface area (Å²) < 4.78 is 0. The predicted octanol–water partition coefficient (Wildman–Crippen LogP) is 10.2. The van der Waals surface area contributed by atoms with Crippen LogP contribution in [0.25, 0.3) is 11.1 Å². The van der Waals surface area contributed by atoms with E-state index in [1.807, 2.05) is 24.3 Å². The number of benzene rings is 5. The van der Waals surface area contributed by atoms with Crippen molar-refractivity contribution < 1.29 is 4.79 Å². The molecule has 0 radical (unpaired) electrons. The van der Waals surface area contributed by atoms with Gasteiger partial charge in [-0.1, -0.05) is 84.4 Å². The van der Waals surface area contributed by atoms with Crippen molar-refractivity contribution in [2.24, 2.45) is 0 Å². The Balaban J connectivity index is 1.33. The molecule has 1 atom stereocenters. The van der Waals surface area contributed by atoms with Crippen LogP contribution in [-0.2, 0) is 31.1 Å². The molecule has 0 amide bonds. The zero-order valence-corrected chi connectivity index (χ0v) is 25.6. The van der Waals surface area contributed by atoms with Crippen LogP contribution >= 0.6 is 11.6 Å². The molecule has 0 aliphatic heterocycles. The molecular weight excluding hydrogens is 546 g/mol. The molecule has 0 saturated heterocycles. The molecule has 7 rings (SSSR count). The number of halogens is 1. The topological polar surface area (TPSA) is 29.1 Å². The maximum atomic E-state index is 15.0. The molecule has 0 fully saturated rings. The highest BCUT2D eigenvalue weighted by Gasteiger charge is 2.45. The first-order valence-electron chi connectivity index (χ1n) is 15.4. The summed E-state index contributed by atoms with van der Waals surface area (Å²) in [6.45, 7) is 4.18. The Hall–Kier alpha value is -4.14. The van der Waals surface area contributed by atoms with Crippen molar-refractivity contribution in [3.05, 3.63) is 153 Å². The molecule has 2 aliphatic carbocycles. The van der Waals surface area contributed by atoms with Crippen LogP contribution < -0.4 is 5.32 Å². The Morgan fingerprint density at radius 3 is 2.33 bits per heavy atom. The molecule has 2 aliphatic rings. The lowest BCUT2D eigenvalue weighted by Gasteiger charge is -2.40. The fraction of sp³-hybridized carbons (Fsp3) is 0.225. The maximum absolute atomic E-state index is 15.0. The van der Waals surface area contributed by atoms with Crippen LogP contribution in [0, 0.1) is 13.8 Å². The van der Waals surface area contributed by atoms with Crippen molar-refractivity contribution in [3.63, 3.8) is 0 Å². The number of hydrogen-bond donors (Lipinski definition) is 1. The third-order valence-corrected chi connectivity index (χ3v) is 10.0. The SMILES string of the molecule is Cc1ccccc1Nc1ccc(C(=O)C2(Cc3ccccc3)CCCc3c2ccc2c3CCc3c(Cl)cccc3-2)c(C)c1. The first-order valence-corrected chi connectivity index (χ1v) is 15.8. The summed E-state index contributed by atoms with van der Waals surface area (Å²) in [7, 11) is 0. The second-order valence-electron chi connectivity index (χ2n) is 12.3. The van der Waals surface area contributed by atoms with E-state index in [1.54, 1.807) is 0 Å². The first-order chi connectivity index (χ1) is 20.9. The molecule has 5 aromatic rings. The van der Waals surface area contributed by atoms with E-state index in [0.717, 1.165) is 59.6 Å². The number of ketones is 1. The van der Waals surface area contributed by atoms with E-state index in [4.69, 9.17) is 11.6 Å². The van der Waals surface area contributed by atoms with Gasteiger partial charge in [0, 0.05) is 22.0 Å². The van der Waals surface area contributed by atoms with E-state index in [2.05, 4.69) is 98.0 Å².